The summed E-state index contributed by atoms with van der Waals surface area (Å²) < 4.78 is 5.17. The molecular formula is C19H23N3O3. The monoisotopic (exact) mass is 341 g/mol. The molecule has 1 saturated heterocycles. The van der Waals surface area contributed by atoms with E-state index < -0.39 is 5.60 Å². The van der Waals surface area contributed by atoms with Crippen LogP contribution < -0.4 is 4.74 Å². The van der Waals surface area contributed by atoms with E-state index in [1.54, 1.807) is 25.1 Å². The van der Waals surface area contributed by atoms with Gasteiger partial charge in [0.05, 0.1) is 25.0 Å². The molecule has 6 heteroatoms. The van der Waals surface area contributed by atoms with E-state index in [9.17, 15) is 9.90 Å². The minimum Gasteiger partial charge on any atom is -0.497 e. The lowest BCUT2D eigenvalue weighted by atomic mass is 9.86. The van der Waals surface area contributed by atoms with Crippen LogP contribution in [-0.2, 0) is 5.60 Å². The normalized spacial score (nSPS) is 19.5. The number of hydrogen-bond acceptors (Lipinski definition) is 5. The Bertz CT molecular complexity index is 742. The van der Waals surface area contributed by atoms with E-state index in [-0.39, 0.29) is 11.9 Å². The van der Waals surface area contributed by atoms with E-state index in [2.05, 4.69) is 9.97 Å². The first kappa shape index (κ1) is 17.4. The van der Waals surface area contributed by atoms with E-state index in [0.29, 0.717) is 12.2 Å². The van der Waals surface area contributed by atoms with Crippen molar-refractivity contribution in [3.63, 3.8) is 0 Å². The standard InChI is InChI=1S/C19H23N3O3/c1-13-11-21-16(12-20-13)18(23)22-10-4-5-17(22)19(2,24)14-6-8-15(25-3)9-7-14/h6-9,11-12,17,24H,4-5,10H2,1-3H3/t17-,19+/m0/s1. The third-order valence-corrected chi connectivity index (χ3v) is 4.84. The van der Waals surface area contributed by atoms with Gasteiger partial charge >= 0.3 is 0 Å². The highest BCUT2D eigenvalue weighted by Gasteiger charge is 2.43. The molecule has 1 aromatic heterocycles. The maximum absolute atomic E-state index is 12.8. The number of rotatable bonds is 4. The molecule has 1 aromatic carbocycles. The number of nitrogens with zero attached hydrogens (tertiary/aromatic N) is 3. The number of benzene rings is 1. The summed E-state index contributed by atoms with van der Waals surface area (Å²) in [5.41, 5.74) is 0.673. The molecule has 0 bridgehead atoms. The first-order valence-corrected chi connectivity index (χ1v) is 8.40. The second-order valence-electron chi connectivity index (χ2n) is 6.58. The van der Waals surface area contributed by atoms with Crippen LogP contribution in [0.1, 0.15) is 41.5 Å². The lowest BCUT2D eigenvalue weighted by Gasteiger charge is -2.36. The first-order chi connectivity index (χ1) is 11.9. The molecule has 2 aromatic rings. The zero-order valence-corrected chi connectivity index (χ0v) is 14.8. The number of aromatic nitrogens is 2. The van der Waals surface area contributed by atoms with E-state index >= 15 is 0 Å². The van der Waals surface area contributed by atoms with E-state index in [1.165, 1.54) is 6.20 Å². The van der Waals surface area contributed by atoms with Gasteiger partial charge < -0.3 is 14.7 Å². The van der Waals surface area contributed by atoms with Gasteiger partial charge in [0.2, 0.25) is 0 Å². The minimum atomic E-state index is -1.16. The summed E-state index contributed by atoms with van der Waals surface area (Å²) in [5, 5.41) is 11.2. The molecule has 1 amide bonds. The van der Waals surface area contributed by atoms with Crippen molar-refractivity contribution in [2.75, 3.05) is 13.7 Å². The Morgan fingerprint density at radius 3 is 2.60 bits per heavy atom. The number of aliphatic hydroxyl groups is 1. The van der Waals surface area contributed by atoms with Crippen molar-refractivity contribution >= 4 is 5.91 Å². The molecule has 0 saturated carbocycles. The van der Waals surface area contributed by atoms with Gasteiger partial charge in [0.25, 0.3) is 5.91 Å². The lowest BCUT2D eigenvalue weighted by molar-refractivity contribution is -0.0179. The van der Waals surface area contributed by atoms with Crippen molar-refractivity contribution in [3.8, 4) is 5.75 Å². The predicted octanol–water partition coefficient (Wildman–Crippen LogP) is 2.31. The second-order valence-corrected chi connectivity index (χ2v) is 6.58. The molecule has 132 valence electrons. The highest BCUT2D eigenvalue weighted by Crippen LogP contribution is 2.35. The number of carbonyl (C=O) groups is 1. The Hall–Kier alpha value is -2.47. The molecule has 0 radical (unpaired) electrons. The van der Waals surface area contributed by atoms with Crippen LogP contribution in [0.25, 0.3) is 0 Å². The van der Waals surface area contributed by atoms with Crippen molar-refractivity contribution < 1.29 is 14.6 Å². The van der Waals surface area contributed by atoms with Crippen molar-refractivity contribution in [2.24, 2.45) is 0 Å². The molecule has 2 heterocycles. The van der Waals surface area contributed by atoms with Crippen LogP contribution in [0.15, 0.2) is 36.7 Å². The zero-order valence-electron chi connectivity index (χ0n) is 14.8. The smallest absolute Gasteiger partial charge is 0.274 e. The fourth-order valence-corrected chi connectivity index (χ4v) is 3.37. The summed E-state index contributed by atoms with van der Waals surface area (Å²) in [4.78, 5) is 22.9. The van der Waals surface area contributed by atoms with Crippen LogP contribution in [0.2, 0.25) is 0 Å². The summed E-state index contributed by atoms with van der Waals surface area (Å²) in [6, 6.07) is 7.00. The zero-order chi connectivity index (χ0) is 18.0. The maximum Gasteiger partial charge on any atom is 0.274 e. The highest BCUT2D eigenvalue weighted by molar-refractivity contribution is 5.92. The molecule has 1 N–H and O–H groups in total. The van der Waals surface area contributed by atoms with Crippen molar-refractivity contribution in [2.45, 2.75) is 38.3 Å². The van der Waals surface area contributed by atoms with Gasteiger partial charge in [0.1, 0.15) is 17.0 Å². The Labute approximate surface area is 147 Å². The van der Waals surface area contributed by atoms with Gasteiger partial charge in [-0.2, -0.15) is 0 Å². The van der Waals surface area contributed by atoms with Gasteiger partial charge in [-0.05, 0) is 44.4 Å². The third-order valence-electron chi connectivity index (χ3n) is 4.84. The molecule has 3 rings (SSSR count). The van der Waals surface area contributed by atoms with E-state index in [4.69, 9.17) is 4.74 Å². The molecule has 0 aliphatic carbocycles. The molecular weight excluding hydrogens is 318 g/mol. The van der Waals surface area contributed by atoms with Crippen LogP contribution >= 0.6 is 0 Å². The van der Waals surface area contributed by atoms with Crippen molar-refractivity contribution in [3.05, 3.63) is 53.6 Å². The summed E-state index contributed by atoms with van der Waals surface area (Å²) in [6.07, 6.45) is 4.67. The average molecular weight is 341 g/mol. The number of methoxy groups -OCH3 is 1. The lowest BCUT2D eigenvalue weighted by Crippen LogP contribution is -2.48. The molecule has 0 spiro atoms. The van der Waals surface area contributed by atoms with Gasteiger partial charge in [0.15, 0.2) is 0 Å². The summed E-state index contributed by atoms with van der Waals surface area (Å²) in [6.45, 7) is 4.19. The summed E-state index contributed by atoms with van der Waals surface area (Å²) in [5.74, 6) is 0.539. The molecule has 1 aliphatic rings. The number of ether oxygens (including phenoxy) is 1. The van der Waals surface area contributed by atoms with Crippen LogP contribution in [0.3, 0.4) is 0 Å². The Morgan fingerprint density at radius 1 is 1.28 bits per heavy atom. The fraction of sp³-hybridized carbons (Fsp3) is 0.421. The Kier molecular flexibility index (Phi) is 4.72. The van der Waals surface area contributed by atoms with Gasteiger partial charge in [-0.25, -0.2) is 4.98 Å². The minimum absolute atomic E-state index is 0.191. The molecule has 0 unspecified atom stereocenters. The molecule has 6 nitrogen and oxygen atoms in total. The van der Waals surface area contributed by atoms with Gasteiger partial charge in [-0.1, -0.05) is 12.1 Å². The fourth-order valence-electron chi connectivity index (χ4n) is 3.37. The first-order valence-electron chi connectivity index (χ1n) is 8.40. The topological polar surface area (TPSA) is 75.6 Å². The number of amides is 1. The second kappa shape index (κ2) is 6.80. The number of hydrogen-bond donors (Lipinski definition) is 1. The summed E-state index contributed by atoms with van der Waals surface area (Å²) in [7, 11) is 1.60. The number of likely N-dealkylation sites (tertiary alicyclic amines) is 1. The largest absolute Gasteiger partial charge is 0.497 e. The van der Waals surface area contributed by atoms with Gasteiger partial charge in [-0.3, -0.25) is 9.78 Å². The van der Waals surface area contributed by atoms with Crippen LogP contribution in [0, 0.1) is 6.92 Å². The molecule has 2 atom stereocenters. The van der Waals surface area contributed by atoms with E-state index in [1.807, 2.05) is 31.2 Å². The average Bonchev–Trinajstić information content (AvgIpc) is 3.12. The Morgan fingerprint density at radius 2 is 2.00 bits per heavy atom. The maximum atomic E-state index is 12.8. The van der Waals surface area contributed by atoms with Crippen molar-refractivity contribution in [1.82, 2.24) is 14.9 Å². The Balaban J connectivity index is 1.86. The molecule has 1 aliphatic heterocycles. The van der Waals surface area contributed by atoms with E-state index in [0.717, 1.165) is 29.8 Å². The third kappa shape index (κ3) is 3.35. The van der Waals surface area contributed by atoms with Crippen LogP contribution in [-0.4, -0.2) is 45.6 Å². The predicted molar refractivity (Wildman–Crippen MR) is 93.4 cm³/mol. The number of aryl methyl sites for hydroxylation is 1. The molecule has 1 fully saturated rings. The van der Waals surface area contributed by atoms with Crippen molar-refractivity contribution in [1.29, 1.82) is 0 Å². The summed E-state index contributed by atoms with van der Waals surface area (Å²) >= 11 is 0. The molecule has 25 heavy (non-hydrogen) atoms. The van der Waals surface area contributed by atoms with Gasteiger partial charge in [0, 0.05) is 12.7 Å². The van der Waals surface area contributed by atoms with Crippen LogP contribution in [0.4, 0.5) is 0 Å². The quantitative estimate of drug-likeness (QED) is 0.923. The van der Waals surface area contributed by atoms with Gasteiger partial charge in [-0.15, -0.1) is 0 Å². The highest BCUT2D eigenvalue weighted by atomic mass is 16.5. The van der Waals surface area contributed by atoms with Crippen LogP contribution in [0.5, 0.6) is 5.75 Å². The SMILES string of the molecule is COc1ccc([C@@](C)(O)[C@@H]2CCCN2C(=O)c2cnc(C)cn2)cc1. The number of carbonyl (C=O) groups excluding carboxylic acids is 1.